The molecular formula is C3H7BF3LiO4S. The Kier molecular flexibility index (Phi) is 25.7. The molecule has 0 saturated carbocycles. The number of hydrogen-bond donors (Lipinski definition) is 2. The van der Waals surface area contributed by atoms with Crippen LogP contribution >= 0.6 is 0 Å². The van der Waals surface area contributed by atoms with E-state index in [0.717, 1.165) is 0 Å². The van der Waals surface area contributed by atoms with Crippen molar-refractivity contribution >= 4 is 17.9 Å². The summed E-state index contributed by atoms with van der Waals surface area (Å²) in [5.41, 5.74) is 0. The molecule has 74 valence electrons. The van der Waals surface area contributed by atoms with Gasteiger partial charge in [-0.2, -0.15) is 8.42 Å². The van der Waals surface area contributed by atoms with Crippen molar-refractivity contribution in [2.45, 2.75) is 0 Å². The van der Waals surface area contributed by atoms with Gasteiger partial charge in [-0.3, -0.25) is 22.1 Å². The van der Waals surface area contributed by atoms with Crippen LogP contribution in [0.4, 0.5) is 12.9 Å². The summed E-state index contributed by atoms with van der Waals surface area (Å²) in [5, 5.41) is 0. The average Bonchev–Trinajstić information content (AvgIpc) is 1.56. The third kappa shape index (κ3) is 257000. The minimum Gasteiger partial charge on any atom is -0.264 e. The molecule has 0 radical (unpaired) electrons. The summed E-state index contributed by atoms with van der Waals surface area (Å²) in [5.74, 6) is 0. The van der Waals surface area contributed by atoms with Gasteiger partial charge in [0.05, 0.1) is 0 Å². The maximum absolute atomic E-state index is 9.67. The third-order valence-electron chi connectivity index (χ3n) is 0. The zero-order chi connectivity index (χ0) is 10.8. The predicted octanol–water partition coefficient (Wildman–Crippen LogP) is -1.76. The van der Waals surface area contributed by atoms with Crippen molar-refractivity contribution in [2.75, 3.05) is 0 Å². The zero-order valence-corrected chi connectivity index (χ0v) is 7.64. The number of rotatable bonds is 0. The van der Waals surface area contributed by atoms with Gasteiger partial charge in [0.25, 0.3) is 0 Å². The van der Waals surface area contributed by atoms with Crippen LogP contribution in [0.25, 0.3) is 0 Å². The first kappa shape index (κ1) is 23.1. The van der Waals surface area contributed by atoms with Gasteiger partial charge in [0.1, 0.15) is 0 Å². The van der Waals surface area contributed by atoms with Crippen molar-refractivity contribution in [3.63, 3.8) is 0 Å². The van der Waals surface area contributed by atoms with E-state index in [2.05, 4.69) is 13.5 Å². The summed E-state index contributed by atoms with van der Waals surface area (Å²) >= 11 is 0. The van der Waals surface area contributed by atoms with Crippen molar-refractivity contribution in [3.05, 3.63) is 19.6 Å². The van der Waals surface area contributed by atoms with Crippen LogP contribution in [0.15, 0.2) is 12.7 Å². The van der Waals surface area contributed by atoms with Crippen molar-refractivity contribution in [3.8, 4) is 0 Å². The van der Waals surface area contributed by atoms with Crippen molar-refractivity contribution in [1.29, 1.82) is 0 Å². The van der Waals surface area contributed by atoms with Crippen LogP contribution in [-0.4, -0.2) is 25.1 Å². The molecule has 0 amide bonds. The average molecular weight is 214 g/mol. The van der Waals surface area contributed by atoms with Gasteiger partial charge in [-0.15, -0.1) is 0 Å². The molecule has 4 nitrogen and oxygen atoms in total. The Bertz CT molecular complexity index is 174. The summed E-state index contributed by atoms with van der Waals surface area (Å²) in [6, 6.07) is 0. The molecule has 0 saturated heterocycles. The molecule has 0 aliphatic heterocycles. The van der Waals surface area contributed by atoms with Crippen LogP contribution in [0.2, 0.25) is 0 Å². The molecule has 0 aliphatic carbocycles. The second-order valence-corrected chi connectivity index (χ2v) is 1.88. The zero-order valence-electron chi connectivity index (χ0n) is 6.82. The Morgan fingerprint density at radius 1 is 1.31 bits per heavy atom. The van der Waals surface area contributed by atoms with Gasteiger partial charge < -0.3 is 0 Å². The first-order chi connectivity index (χ1) is 5.15. The van der Waals surface area contributed by atoms with Gasteiger partial charge >= 0.3 is 36.8 Å². The largest absolute Gasteiger partial charge is 1.00 e. The fourth-order valence-electron chi connectivity index (χ4n) is 0. The summed E-state index contributed by atoms with van der Waals surface area (Å²) in [4.78, 5) is 0. The maximum Gasteiger partial charge on any atom is 1.00 e. The van der Waals surface area contributed by atoms with Gasteiger partial charge in [0.15, 0.2) is 0 Å². The van der Waals surface area contributed by atoms with Gasteiger partial charge in [-0.25, -0.2) is 19.6 Å². The van der Waals surface area contributed by atoms with Crippen LogP contribution < -0.4 is 18.9 Å². The van der Waals surface area contributed by atoms with E-state index in [4.69, 9.17) is 17.5 Å². The van der Waals surface area contributed by atoms with Crippen LogP contribution in [-0.2, 0) is 10.4 Å². The van der Waals surface area contributed by atoms with Gasteiger partial charge in [-0.05, 0) is 0 Å². The molecule has 0 aromatic heterocycles. The van der Waals surface area contributed by atoms with E-state index in [9.17, 15) is 12.9 Å². The Labute approximate surface area is 87.2 Å². The summed E-state index contributed by atoms with van der Waals surface area (Å²) in [7, 11) is -8.33. The van der Waals surface area contributed by atoms with Gasteiger partial charge in [-0.1, -0.05) is 0 Å². The van der Waals surface area contributed by atoms with E-state index >= 15 is 0 Å². The molecule has 0 bridgehead atoms. The monoisotopic (exact) mass is 214 g/mol. The molecule has 0 fully saturated rings. The molecule has 0 aromatic carbocycles. The fraction of sp³-hybridized carbons (Fsp3) is 0. The molecule has 0 rings (SSSR count). The third-order valence-corrected chi connectivity index (χ3v) is 0. The SMILES string of the molecule is C=C[CH2-].FB(F)F.O=S(=O)(O)O.[Li+]. The van der Waals surface area contributed by atoms with Crippen LogP contribution in [0.5, 0.6) is 0 Å². The topological polar surface area (TPSA) is 74.6 Å². The standard InChI is InChI=1S/C3H5.BF3.Li.H2O4S/c1-3-2;2-1(3)4;;1-5(2,3)4/h3H,1-2H2;;;(H2,1,2,3,4)/q-1;;+1;. The van der Waals surface area contributed by atoms with Crippen molar-refractivity contribution < 1.29 is 49.3 Å². The summed E-state index contributed by atoms with van der Waals surface area (Å²) < 4.78 is 60.6. The number of halogens is 3. The second kappa shape index (κ2) is 14.5. The Morgan fingerprint density at radius 3 is 1.31 bits per heavy atom. The minimum absolute atomic E-state index is 0. The first-order valence-corrected chi connectivity index (χ1v) is 3.57. The first-order valence-electron chi connectivity index (χ1n) is 2.17. The van der Waals surface area contributed by atoms with Crippen LogP contribution in [0.1, 0.15) is 0 Å². The van der Waals surface area contributed by atoms with E-state index < -0.39 is 17.9 Å². The summed E-state index contributed by atoms with van der Waals surface area (Å²) in [6.45, 7) is 6.50. The molecule has 13 heavy (non-hydrogen) atoms. The van der Waals surface area contributed by atoms with Crippen LogP contribution in [0.3, 0.4) is 0 Å². The molecule has 0 spiro atoms. The molecule has 0 aliphatic rings. The predicted molar refractivity (Wildman–Crippen MR) is 38.8 cm³/mol. The number of hydrogen-bond acceptors (Lipinski definition) is 2. The second-order valence-electron chi connectivity index (χ2n) is 0.984. The Morgan fingerprint density at radius 2 is 1.31 bits per heavy atom. The fourth-order valence-corrected chi connectivity index (χ4v) is 0. The molecule has 0 atom stereocenters. The normalized spacial score (nSPS) is 7.46. The smallest absolute Gasteiger partial charge is 0.264 e. The Balaban J connectivity index is -0.0000000465. The van der Waals surface area contributed by atoms with E-state index in [0.29, 0.717) is 0 Å². The van der Waals surface area contributed by atoms with E-state index in [1.54, 1.807) is 0 Å². The van der Waals surface area contributed by atoms with E-state index in [1.165, 1.54) is 6.08 Å². The van der Waals surface area contributed by atoms with Crippen molar-refractivity contribution in [2.24, 2.45) is 0 Å². The quantitative estimate of drug-likeness (QED) is 0.284. The molecule has 0 aromatic rings. The van der Waals surface area contributed by atoms with Gasteiger partial charge in [0.2, 0.25) is 0 Å². The molecule has 0 heterocycles. The minimum atomic E-state index is -4.67. The number of allylic oxidation sites excluding steroid dienone is 1. The van der Waals surface area contributed by atoms with E-state index in [-0.39, 0.29) is 18.9 Å². The van der Waals surface area contributed by atoms with Crippen LogP contribution in [0, 0.1) is 6.92 Å². The Hall–Kier alpha value is -0.0677. The molecule has 2 N–H and O–H groups in total. The molecule has 10 heteroatoms. The van der Waals surface area contributed by atoms with Gasteiger partial charge in [0, 0.05) is 0 Å². The summed E-state index contributed by atoms with van der Waals surface area (Å²) in [6.07, 6.45) is 1.50. The molecular weight excluding hydrogens is 207 g/mol. The maximum atomic E-state index is 9.67. The van der Waals surface area contributed by atoms with E-state index in [1.807, 2.05) is 0 Å². The molecule has 0 unspecified atom stereocenters. The van der Waals surface area contributed by atoms with Crippen molar-refractivity contribution in [1.82, 2.24) is 0 Å².